The van der Waals surface area contributed by atoms with Crippen LogP contribution in [0.4, 0.5) is 13.2 Å². The number of H-pyrrole nitrogens is 1. The summed E-state index contributed by atoms with van der Waals surface area (Å²) in [6.07, 6.45) is 0.174. The Balaban J connectivity index is 2.20. The summed E-state index contributed by atoms with van der Waals surface area (Å²) < 4.78 is 65.9. The minimum atomic E-state index is -5.87. The number of rotatable bonds is 4. The molecule has 2 aromatic carbocycles. The molecule has 0 aliphatic carbocycles. The number of benzene rings is 2. The van der Waals surface area contributed by atoms with E-state index < -0.39 is 26.9 Å². The Hall–Kier alpha value is -2.52. The molecule has 0 spiro atoms. The number of alkyl halides is 3. The zero-order valence-corrected chi connectivity index (χ0v) is 16.8. The predicted octanol–water partition coefficient (Wildman–Crippen LogP) is 4.62. The van der Waals surface area contributed by atoms with E-state index in [2.05, 4.69) is 9.17 Å². The number of aromatic amines is 1. The number of halogens is 4. The molecule has 154 valence electrons. The molecule has 0 fully saturated rings. The molecule has 3 aromatic rings. The minimum Gasteiger partial charge on any atom is -0.375 e. The Labute approximate surface area is 169 Å². The lowest BCUT2D eigenvalue weighted by Gasteiger charge is -2.15. The second-order valence-electron chi connectivity index (χ2n) is 6.53. The zero-order chi connectivity index (χ0) is 21.6. The molecule has 29 heavy (non-hydrogen) atoms. The molecule has 1 N–H and O–H groups in total. The first-order valence-corrected chi connectivity index (χ1v) is 10.1. The van der Waals surface area contributed by atoms with Crippen LogP contribution in [0.2, 0.25) is 5.02 Å². The fraction of sp³-hybridized carbons (Fsp3) is 0.211. The second kappa shape index (κ2) is 7.38. The number of aryl methyl sites for hydroxylation is 2. The van der Waals surface area contributed by atoms with Crippen molar-refractivity contribution < 1.29 is 25.8 Å². The van der Waals surface area contributed by atoms with Crippen LogP contribution in [0.15, 0.2) is 41.2 Å². The van der Waals surface area contributed by atoms with Crippen molar-refractivity contribution >= 4 is 32.6 Å². The average molecular weight is 446 g/mol. The highest BCUT2D eigenvalue weighted by molar-refractivity contribution is 7.88. The summed E-state index contributed by atoms with van der Waals surface area (Å²) in [5, 5.41) is 0.605. The first kappa shape index (κ1) is 21.2. The number of nitrogens with one attached hydrogen (secondary N) is 1. The van der Waals surface area contributed by atoms with Crippen LogP contribution < -0.4 is 9.74 Å². The summed E-state index contributed by atoms with van der Waals surface area (Å²) in [5.74, 6) is -0.497. The van der Waals surface area contributed by atoms with Crippen molar-refractivity contribution in [2.24, 2.45) is 0 Å². The van der Waals surface area contributed by atoms with Gasteiger partial charge in [0.25, 0.3) is 5.56 Å². The second-order valence-corrected chi connectivity index (χ2v) is 8.50. The number of hydrogen-bond donors (Lipinski definition) is 1. The molecular formula is C19H15ClF3NO4S. The zero-order valence-electron chi connectivity index (χ0n) is 15.2. The molecule has 0 atom stereocenters. The Kier molecular flexibility index (Phi) is 5.40. The lowest BCUT2D eigenvalue weighted by molar-refractivity contribution is -0.0499. The number of hydrogen-bond acceptors (Lipinski definition) is 4. The predicted molar refractivity (Wildman–Crippen MR) is 104 cm³/mol. The van der Waals surface area contributed by atoms with Crippen molar-refractivity contribution in [1.29, 1.82) is 0 Å². The van der Waals surface area contributed by atoms with Crippen molar-refractivity contribution in [1.82, 2.24) is 4.98 Å². The van der Waals surface area contributed by atoms with Crippen molar-refractivity contribution in [3.8, 4) is 5.75 Å². The molecular weight excluding hydrogens is 431 g/mol. The van der Waals surface area contributed by atoms with E-state index in [9.17, 15) is 26.4 Å². The van der Waals surface area contributed by atoms with Crippen molar-refractivity contribution in [3.63, 3.8) is 0 Å². The summed E-state index contributed by atoms with van der Waals surface area (Å²) in [7, 11) is -5.87. The quantitative estimate of drug-likeness (QED) is 0.469. The Morgan fingerprint density at radius 1 is 1.10 bits per heavy atom. The van der Waals surface area contributed by atoms with E-state index in [1.54, 1.807) is 31.2 Å². The van der Waals surface area contributed by atoms with E-state index in [-0.39, 0.29) is 22.9 Å². The van der Waals surface area contributed by atoms with Crippen LogP contribution in [-0.4, -0.2) is 18.9 Å². The number of aromatic nitrogens is 1. The van der Waals surface area contributed by atoms with E-state index in [0.29, 0.717) is 16.1 Å². The van der Waals surface area contributed by atoms with Crippen molar-refractivity contribution in [2.75, 3.05) is 0 Å². The molecule has 0 aliphatic heterocycles. The lowest BCUT2D eigenvalue weighted by atomic mass is 9.97. The molecule has 0 aliphatic rings. The van der Waals surface area contributed by atoms with Crippen molar-refractivity contribution in [2.45, 2.75) is 25.8 Å². The molecule has 0 saturated heterocycles. The van der Waals surface area contributed by atoms with Gasteiger partial charge in [0.05, 0.1) is 5.52 Å². The molecule has 5 nitrogen and oxygen atoms in total. The van der Waals surface area contributed by atoms with Gasteiger partial charge in [0.2, 0.25) is 0 Å². The van der Waals surface area contributed by atoms with Crippen LogP contribution in [0.5, 0.6) is 5.75 Å². The maximum Gasteiger partial charge on any atom is 0.534 e. The highest BCUT2D eigenvalue weighted by atomic mass is 35.5. The van der Waals surface area contributed by atoms with Gasteiger partial charge < -0.3 is 9.17 Å². The number of fused-ring (bicyclic) bond motifs is 1. The van der Waals surface area contributed by atoms with E-state index in [0.717, 1.165) is 5.56 Å². The molecule has 0 amide bonds. The monoisotopic (exact) mass is 445 g/mol. The first-order valence-electron chi connectivity index (χ1n) is 8.30. The SMILES string of the molecule is Cc1cc(OS(=O)(=O)C(F)(F)F)c2c(C)c(Cc3ccc(Cl)cc3)c(=O)[nH]c2c1. The fourth-order valence-corrected chi connectivity index (χ4v) is 3.60. The van der Waals surface area contributed by atoms with Gasteiger partial charge in [-0.05, 0) is 54.8 Å². The average Bonchev–Trinajstić information content (AvgIpc) is 2.58. The molecule has 0 saturated carbocycles. The van der Waals surface area contributed by atoms with Gasteiger partial charge in [0.1, 0.15) is 0 Å². The van der Waals surface area contributed by atoms with Gasteiger partial charge in [-0.15, -0.1) is 0 Å². The van der Waals surface area contributed by atoms with Gasteiger partial charge in [-0.25, -0.2) is 0 Å². The van der Waals surface area contributed by atoms with Crippen LogP contribution in [-0.2, 0) is 16.5 Å². The van der Waals surface area contributed by atoms with E-state index in [1.165, 1.54) is 19.1 Å². The Bertz CT molecular complexity index is 1250. The molecule has 1 heterocycles. The minimum absolute atomic E-state index is 0.0898. The van der Waals surface area contributed by atoms with Gasteiger partial charge in [0.15, 0.2) is 5.75 Å². The highest BCUT2D eigenvalue weighted by Gasteiger charge is 2.48. The van der Waals surface area contributed by atoms with Crippen LogP contribution in [0, 0.1) is 13.8 Å². The van der Waals surface area contributed by atoms with Crippen LogP contribution in [0.1, 0.15) is 22.3 Å². The standard InChI is InChI=1S/C19H15ClF3NO4S/c1-10-7-15-17(16(8-10)28-29(26,27)19(21,22)23)11(2)14(18(25)24-15)9-12-3-5-13(20)6-4-12/h3-8H,9H2,1-2H3,(H,24,25). The summed E-state index contributed by atoms with van der Waals surface area (Å²) in [6, 6.07) is 9.44. The normalized spacial score (nSPS) is 12.3. The maximum absolute atomic E-state index is 12.8. The molecule has 10 heteroatoms. The van der Waals surface area contributed by atoms with Gasteiger partial charge >= 0.3 is 15.6 Å². The lowest BCUT2D eigenvalue weighted by Crippen LogP contribution is -2.28. The third kappa shape index (κ3) is 4.25. The van der Waals surface area contributed by atoms with Gasteiger partial charge in [-0.2, -0.15) is 21.6 Å². The third-order valence-corrected chi connectivity index (χ3v) is 5.59. The van der Waals surface area contributed by atoms with Gasteiger partial charge in [-0.1, -0.05) is 23.7 Å². The molecule has 3 rings (SSSR count). The van der Waals surface area contributed by atoms with Crippen LogP contribution in [0.3, 0.4) is 0 Å². The fourth-order valence-electron chi connectivity index (χ4n) is 3.01. The Morgan fingerprint density at radius 3 is 2.31 bits per heavy atom. The Morgan fingerprint density at radius 2 is 1.72 bits per heavy atom. The number of pyridine rings is 1. The largest absolute Gasteiger partial charge is 0.534 e. The van der Waals surface area contributed by atoms with Gasteiger partial charge in [0, 0.05) is 22.4 Å². The van der Waals surface area contributed by atoms with E-state index >= 15 is 0 Å². The molecule has 0 bridgehead atoms. The topological polar surface area (TPSA) is 76.2 Å². The van der Waals surface area contributed by atoms with E-state index in [4.69, 9.17) is 11.6 Å². The summed E-state index contributed by atoms with van der Waals surface area (Å²) >= 11 is 5.86. The summed E-state index contributed by atoms with van der Waals surface area (Å²) in [6.45, 7) is 3.08. The van der Waals surface area contributed by atoms with Crippen LogP contribution >= 0.6 is 11.6 Å². The third-order valence-electron chi connectivity index (χ3n) is 4.37. The van der Waals surface area contributed by atoms with Crippen LogP contribution in [0.25, 0.3) is 10.9 Å². The molecule has 0 radical (unpaired) electrons. The van der Waals surface area contributed by atoms with E-state index in [1.807, 2.05) is 0 Å². The smallest absolute Gasteiger partial charge is 0.375 e. The molecule has 1 aromatic heterocycles. The van der Waals surface area contributed by atoms with Gasteiger partial charge in [-0.3, -0.25) is 4.79 Å². The first-order chi connectivity index (χ1) is 13.4. The summed E-state index contributed by atoms with van der Waals surface area (Å²) in [5.41, 5.74) is -4.06. The molecule has 0 unspecified atom stereocenters. The maximum atomic E-state index is 12.8. The summed E-state index contributed by atoms with van der Waals surface area (Å²) in [4.78, 5) is 15.2. The highest BCUT2D eigenvalue weighted by Crippen LogP contribution is 2.34. The van der Waals surface area contributed by atoms with Crippen molar-refractivity contribution in [3.05, 3.63) is 74.0 Å².